The highest BCUT2D eigenvalue weighted by molar-refractivity contribution is 9.10. The third-order valence-corrected chi connectivity index (χ3v) is 3.86. The van der Waals surface area contributed by atoms with E-state index in [1.54, 1.807) is 6.20 Å². The molecule has 16 heavy (non-hydrogen) atoms. The van der Waals surface area contributed by atoms with Crippen LogP contribution in [0.5, 0.6) is 0 Å². The van der Waals surface area contributed by atoms with Gasteiger partial charge in [-0.2, -0.15) is 5.26 Å². The van der Waals surface area contributed by atoms with Gasteiger partial charge in [0, 0.05) is 28.8 Å². The molecule has 1 aromatic heterocycles. The van der Waals surface area contributed by atoms with Crippen LogP contribution >= 0.6 is 27.7 Å². The van der Waals surface area contributed by atoms with Crippen molar-refractivity contribution >= 4 is 27.7 Å². The van der Waals surface area contributed by atoms with E-state index in [2.05, 4.69) is 27.0 Å². The first-order chi connectivity index (χ1) is 7.72. The molecular weight excluding hydrogens is 286 g/mol. The van der Waals surface area contributed by atoms with Gasteiger partial charge >= 0.3 is 0 Å². The molecule has 0 fully saturated rings. The molecule has 3 nitrogen and oxygen atoms in total. The first-order valence-electron chi connectivity index (χ1n) is 4.56. The molecule has 0 unspecified atom stereocenters. The van der Waals surface area contributed by atoms with Crippen molar-refractivity contribution in [2.24, 2.45) is 7.05 Å². The summed E-state index contributed by atoms with van der Waals surface area (Å²) in [5.41, 5.74) is 0.649. The lowest BCUT2D eigenvalue weighted by Gasteiger charge is -2.04. The Hall–Kier alpha value is -1.25. The standard InChI is InChI=1S/C11H8BrN3S/c1-15-6-5-14-11(15)16-10-4-2-3-9(12)8(10)7-13/h2-6H,1H3. The first-order valence-corrected chi connectivity index (χ1v) is 6.17. The molecule has 0 amide bonds. The third-order valence-electron chi connectivity index (χ3n) is 2.07. The number of halogens is 1. The summed E-state index contributed by atoms with van der Waals surface area (Å²) in [6, 6.07) is 7.89. The molecule has 0 atom stereocenters. The monoisotopic (exact) mass is 293 g/mol. The zero-order valence-electron chi connectivity index (χ0n) is 8.51. The van der Waals surface area contributed by atoms with Crippen molar-refractivity contribution in [3.63, 3.8) is 0 Å². The van der Waals surface area contributed by atoms with E-state index in [4.69, 9.17) is 5.26 Å². The molecule has 0 saturated carbocycles. The van der Waals surface area contributed by atoms with E-state index in [-0.39, 0.29) is 0 Å². The lowest BCUT2D eigenvalue weighted by Crippen LogP contribution is -1.90. The largest absolute Gasteiger partial charge is 0.329 e. The molecule has 0 bridgehead atoms. The predicted octanol–water partition coefficient (Wildman–Crippen LogP) is 3.21. The van der Waals surface area contributed by atoms with E-state index in [1.807, 2.05) is 36.0 Å². The second-order valence-electron chi connectivity index (χ2n) is 3.15. The maximum absolute atomic E-state index is 9.08. The van der Waals surface area contributed by atoms with Crippen molar-refractivity contribution in [3.8, 4) is 6.07 Å². The predicted molar refractivity (Wildman–Crippen MR) is 66.2 cm³/mol. The second-order valence-corrected chi connectivity index (χ2v) is 5.01. The first kappa shape index (κ1) is 11.2. The lowest BCUT2D eigenvalue weighted by molar-refractivity contribution is 0.790. The van der Waals surface area contributed by atoms with Crippen LogP contribution in [0.15, 0.2) is 45.1 Å². The average Bonchev–Trinajstić information content (AvgIpc) is 2.65. The van der Waals surface area contributed by atoms with Gasteiger partial charge < -0.3 is 4.57 Å². The van der Waals surface area contributed by atoms with Crippen molar-refractivity contribution in [1.29, 1.82) is 5.26 Å². The molecule has 0 spiro atoms. The van der Waals surface area contributed by atoms with Crippen molar-refractivity contribution in [2.75, 3.05) is 0 Å². The quantitative estimate of drug-likeness (QED) is 0.854. The number of nitrogens with zero attached hydrogens (tertiary/aromatic N) is 3. The molecule has 0 aliphatic rings. The van der Waals surface area contributed by atoms with Gasteiger partial charge in [-0.3, -0.25) is 0 Å². The summed E-state index contributed by atoms with van der Waals surface area (Å²) >= 11 is 4.85. The smallest absolute Gasteiger partial charge is 0.172 e. The van der Waals surface area contributed by atoms with Crippen molar-refractivity contribution in [2.45, 2.75) is 10.1 Å². The number of aryl methyl sites for hydroxylation is 1. The minimum atomic E-state index is 0.649. The maximum Gasteiger partial charge on any atom is 0.172 e. The zero-order valence-corrected chi connectivity index (χ0v) is 10.9. The van der Waals surface area contributed by atoms with Crippen LogP contribution in [0.4, 0.5) is 0 Å². The number of benzene rings is 1. The Labute approximate surface area is 106 Å². The summed E-state index contributed by atoms with van der Waals surface area (Å²) in [6.07, 6.45) is 3.62. The van der Waals surface area contributed by atoms with Gasteiger partial charge in [0.2, 0.25) is 0 Å². The van der Waals surface area contributed by atoms with Crippen molar-refractivity contribution in [1.82, 2.24) is 9.55 Å². The van der Waals surface area contributed by atoms with Crippen LogP contribution < -0.4 is 0 Å². The SMILES string of the molecule is Cn1ccnc1Sc1cccc(Br)c1C#N. The highest BCUT2D eigenvalue weighted by atomic mass is 79.9. The Morgan fingerprint density at radius 2 is 2.31 bits per heavy atom. The van der Waals surface area contributed by atoms with E-state index < -0.39 is 0 Å². The van der Waals surface area contributed by atoms with Crippen molar-refractivity contribution in [3.05, 3.63) is 40.6 Å². The number of nitriles is 1. The van der Waals surface area contributed by atoms with E-state index in [0.717, 1.165) is 14.5 Å². The lowest BCUT2D eigenvalue weighted by atomic mass is 10.2. The summed E-state index contributed by atoms with van der Waals surface area (Å²) in [4.78, 5) is 5.13. The van der Waals surface area contributed by atoms with Gasteiger partial charge in [-0.05, 0) is 28.1 Å². The molecule has 5 heteroatoms. The number of hydrogen-bond donors (Lipinski definition) is 0. The molecular formula is C11H8BrN3S. The minimum Gasteiger partial charge on any atom is -0.329 e. The van der Waals surface area contributed by atoms with Crippen LogP contribution in [-0.4, -0.2) is 9.55 Å². The number of rotatable bonds is 2. The molecule has 0 N–H and O–H groups in total. The fourth-order valence-electron chi connectivity index (χ4n) is 1.25. The Balaban J connectivity index is 2.40. The Kier molecular flexibility index (Phi) is 3.32. The molecule has 0 aliphatic carbocycles. The third kappa shape index (κ3) is 2.13. The summed E-state index contributed by atoms with van der Waals surface area (Å²) in [5.74, 6) is 0. The average molecular weight is 294 g/mol. The number of aromatic nitrogens is 2. The summed E-state index contributed by atoms with van der Waals surface area (Å²) in [7, 11) is 1.93. The Bertz CT molecular complexity index is 557. The molecule has 2 aromatic rings. The second kappa shape index (κ2) is 4.73. The van der Waals surface area contributed by atoms with Crippen LogP contribution in [0.1, 0.15) is 5.56 Å². The van der Waals surface area contributed by atoms with Gasteiger partial charge in [0.15, 0.2) is 5.16 Å². The van der Waals surface area contributed by atoms with Crippen LogP contribution in [0.2, 0.25) is 0 Å². The van der Waals surface area contributed by atoms with Gasteiger partial charge in [-0.1, -0.05) is 17.8 Å². The molecule has 80 valence electrons. The number of hydrogen-bond acceptors (Lipinski definition) is 3. The van der Waals surface area contributed by atoms with Gasteiger partial charge in [-0.15, -0.1) is 0 Å². The summed E-state index contributed by atoms with van der Waals surface area (Å²) < 4.78 is 2.74. The number of imidazole rings is 1. The molecule has 2 rings (SSSR count). The van der Waals surface area contributed by atoms with Gasteiger partial charge in [0.05, 0.1) is 5.56 Å². The van der Waals surface area contributed by atoms with Crippen molar-refractivity contribution < 1.29 is 0 Å². The van der Waals surface area contributed by atoms with E-state index >= 15 is 0 Å². The summed E-state index contributed by atoms with van der Waals surface area (Å²) in [6.45, 7) is 0. The molecule has 1 aromatic carbocycles. The Morgan fingerprint density at radius 1 is 1.50 bits per heavy atom. The topological polar surface area (TPSA) is 41.6 Å². The maximum atomic E-state index is 9.08. The zero-order chi connectivity index (χ0) is 11.5. The summed E-state index contributed by atoms with van der Waals surface area (Å²) in [5, 5.41) is 9.95. The van der Waals surface area contributed by atoms with E-state index in [1.165, 1.54) is 11.8 Å². The Morgan fingerprint density at radius 3 is 2.94 bits per heavy atom. The van der Waals surface area contributed by atoms with Gasteiger partial charge in [0.1, 0.15) is 6.07 Å². The van der Waals surface area contributed by atoms with E-state index in [9.17, 15) is 0 Å². The van der Waals surface area contributed by atoms with Gasteiger partial charge in [0.25, 0.3) is 0 Å². The molecule has 0 saturated heterocycles. The van der Waals surface area contributed by atoms with E-state index in [0.29, 0.717) is 5.56 Å². The molecule has 0 aliphatic heterocycles. The van der Waals surface area contributed by atoms with Crippen LogP contribution in [0.3, 0.4) is 0 Å². The highest BCUT2D eigenvalue weighted by Gasteiger charge is 2.09. The fraction of sp³-hybridized carbons (Fsp3) is 0.0909. The van der Waals surface area contributed by atoms with Crippen LogP contribution in [-0.2, 0) is 7.05 Å². The normalized spacial score (nSPS) is 10.1. The minimum absolute atomic E-state index is 0.649. The highest BCUT2D eigenvalue weighted by Crippen LogP contribution is 2.32. The fourth-order valence-corrected chi connectivity index (χ4v) is 2.75. The van der Waals surface area contributed by atoms with Crippen LogP contribution in [0, 0.1) is 11.3 Å². The van der Waals surface area contributed by atoms with Gasteiger partial charge in [-0.25, -0.2) is 4.98 Å². The molecule has 1 heterocycles. The molecule has 0 radical (unpaired) electrons. The van der Waals surface area contributed by atoms with Crippen LogP contribution in [0.25, 0.3) is 0 Å².